The minimum absolute atomic E-state index is 0.367. The van der Waals surface area contributed by atoms with Gasteiger partial charge in [-0.3, -0.25) is 29.2 Å². The van der Waals surface area contributed by atoms with Gasteiger partial charge in [-0.05, 0) is 50.9 Å². The van der Waals surface area contributed by atoms with Crippen LogP contribution in [0.2, 0.25) is 0 Å². The monoisotopic (exact) mass is 582 g/mol. The molecule has 1 aromatic heterocycles. The highest BCUT2D eigenvalue weighted by Crippen LogP contribution is 2.19. The van der Waals surface area contributed by atoms with Crippen LogP contribution in [0.5, 0.6) is 0 Å². The molecule has 1 aromatic rings. The van der Waals surface area contributed by atoms with Gasteiger partial charge in [0.1, 0.15) is 12.1 Å². The molecule has 0 bridgehead atoms. The molecule has 1 saturated heterocycles. The summed E-state index contributed by atoms with van der Waals surface area (Å²) in [5, 5.41) is 42.7. The SMILES string of the molecule is CC(C)(C)[C@H](NC(=O)C[C@H](O)C(=O)NO)C(=O)NCCCn1cc(CN2CCCNCCNCCCNCC2)nn1. The number of carbonyl (C=O) groups is 3. The number of nitrogens with one attached hydrogen (secondary N) is 6. The van der Waals surface area contributed by atoms with Crippen molar-refractivity contribution in [1.29, 1.82) is 0 Å². The number of rotatable bonds is 11. The molecule has 2 rings (SSSR count). The van der Waals surface area contributed by atoms with Crippen molar-refractivity contribution in [2.45, 2.75) is 71.7 Å². The summed E-state index contributed by atoms with van der Waals surface area (Å²) < 4.78 is 1.77. The van der Waals surface area contributed by atoms with E-state index in [4.69, 9.17) is 5.21 Å². The fraction of sp³-hybridized carbons (Fsp3) is 0.808. The zero-order chi connectivity index (χ0) is 30.1. The van der Waals surface area contributed by atoms with Gasteiger partial charge in [0.2, 0.25) is 11.8 Å². The molecule has 0 spiro atoms. The molecule has 0 saturated carbocycles. The smallest absolute Gasteiger partial charge is 0.272 e. The topological polar surface area (TPSA) is 198 Å². The molecule has 2 heterocycles. The number of nitrogens with zero attached hydrogens (tertiary/aromatic N) is 4. The van der Waals surface area contributed by atoms with Crippen molar-refractivity contribution < 1.29 is 24.7 Å². The van der Waals surface area contributed by atoms with Gasteiger partial charge in [-0.15, -0.1) is 5.10 Å². The van der Waals surface area contributed by atoms with E-state index in [0.29, 0.717) is 19.5 Å². The van der Waals surface area contributed by atoms with Crippen LogP contribution in [0.3, 0.4) is 0 Å². The number of aromatic nitrogens is 3. The normalized spacial score (nSPS) is 18.1. The fourth-order valence-electron chi connectivity index (χ4n) is 4.37. The lowest BCUT2D eigenvalue weighted by atomic mass is 9.86. The van der Waals surface area contributed by atoms with Crippen molar-refractivity contribution in [2.24, 2.45) is 5.41 Å². The van der Waals surface area contributed by atoms with Crippen LogP contribution in [-0.2, 0) is 27.5 Å². The zero-order valence-corrected chi connectivity index (χ0v) is 24.7. The minimum atomic E-state index is -1.72. The predicted molar refractivity (Wildman–Crippen MR) is 153 cm³/mol. The van der Waals surface area contributed by atoms with E-state index in [0.717, 1.165) is 77.4 Å². The summed E-state index contributed by atoms with van der Waals surface area (Å²) in [6.45, 7) is 14.9. The predicted octanol–water partition coefficient (Wildman–Crippen LogP) is -2.06. The van der Waals surface area contributed by atoms with E-state index < -0.39 is 35.8 Å². The third kappa shape index (κ3) is 14.2. The van der Waals surface area contributed by atoms with Gasteiger partial charge in [-0.25, -0.2) is 5.48 Å². The maximum Gasteiger partial charge on any atom is 0.272 e. The van der Waals surface area contributed by atoms with E-state index in [1.54, 1.807) is 25.5 Å². The molecule has 1 aliphatic rings. The lowest BCUT2D eigenvalue weighted by Crippen LogP contribution is -2.54. The lowest BCUT2D eigenvalue weighted by Gasteiger charge is -2.30. The summed E-state index contributed by atoms with van der Waals surface area (Å²) in [6.07, 6.45) is 2.42. The van der Waals surface area contributed by atoms with E-state index in [2.05, 4.69) is 41.8 Å². The van der Waals surface area contributed by atoms with Crippen LogP contribution >= 0.6 is 0 Å². The first-order valence-electron chi connectivity index (χ1n) is 14.5. The Morgan fingerprint density at radius 2 is 1.68 bits per heavy atom. The van der Waals surface area contributed by atoms with Crippen LogP contribution in [0.15, 0.2) is 6.20 Å². The second-order valence-electron chi connectivity index (χ2n) is 11.4. The van der Waals surface area contributed by atoms with Crippen molar-refractivity contribution in [3.8, 4) is 0 Å². The van der Waals surface area contributed by atoms with Crippen molar-refractivity contribution >= 4 is 17.7 Å². The third-order valence-electron chi connectivity index (χ3n) is 6.68. The van der Waals surface area contributed by atoms with Crippen LogP contribution in [-0.4, -0.2) is 119 Å². The van der Waals surface area contributed by atoms with Crippen molar-refractivity contribution in [3.63, 3.8) is 0 Å². The van der Waals surface area contributed by atoms with Gasteiger partial charge < -0.3 is 31.7 Å². The Kier molecular flexibility index (Phi) is 15.7. The molecule has 15 nitrogen and oxygen atoms in total. The third-order valence-corrected chi connectivity index (χ3v) is 6.68. The Hall–Kier alpha value is -2.69. The summed E-state index contributed by atoms with van der Waals surface area (Å²) in [5.74, 6) is -2.14. The molecule has 41 heavy (non-hydrogen) atoms. The van der Waals surface area contributed by atoms with E-state index >= 15 is 0 Å². The summed E-state index contributed by atoms with van der Waals surface area (Å²) in [6, 6.07) is -0.882. The Morgan fingerprint density at radius 1 is 1.00 bits per heavy atom. The quantitative estimate of drug-likeness (QED) is 0.0811. The standard InChI is InChI=1S/C26H50N10O5/c1-26(2,3)23(31-22(38)17-21(37)24(39)33-41)25(40)30-10-6-15-36-19-20(32-34-36)18-35-14-5-9-28-12-11-27-7-4-8-29-13-16-35/h19,21,23,27-29,37,41H,4-18H2,1-3H3,(H,30,40)(H,31,38)(H,33,39)/t21-,23+/m0/s1. The lowest BCUT2D eigenvalue weighted by molar-refractivity contribution is -0.142. The Balaban J connectivity index is 1.79. The van der Waals surface area contributed by atoms with Crippen LogP contribution < -0.4 is 32.1 Å². The molecule has 3 amide bonds. The molecule has 1 fully saturated rings. The number of aryl methyl sites for hydroxylation is 1. The van der Waals surface area contributed by atoms with E-state index in [1.165, 1.54) is 5.48 Å². The van der Waals surface area contributed by atoms with E-state index in [-0.39, 0.29) is 5.91 Å². The number of hydrogen-bond donors (Lipinski definition) is 8. The number of hydrogen-bond acceptors (Lipinski definition) is 11. The van der Waals surface area contributed by atoms with Crippen LogP contribution in [0.25, 0.3) is 0 Å². The number of aliphatic hydroxyl groups excluding tert-OH is 1. The second kappa shape index (κ2) is 18.7. The number of hydroxylamine groups is 1. The Labute approximate surface area is 242 Å². The second-order valence-corrected chi connectivity index (χ2v) is 11.4. The van der Waals surface area contributed by atoms with Crippen LogP contribution in [0.4, 0.5) is 0 Å². The molecule has 15 heteroatoms. The average molecular weight is 583 g/mol. The maximum absolute atomic E-state index is 12.9. The highest BCUT2D eigenvalue weighted by molar-refractivity contribution is 5.91. The van der Waals surface area contributed by atoms with Crippen molar-refractivity contribution in [1.82, 2.24) is 52.0 Å². The first-order chi connectivity index (χ1) is 19.6. The Morgan fingerprint density at radius 3 is 2.37 bits per heavy atom. The van der Waals surface area contributed by atoms with E-state index in [1.807, 2.05) is 6.20 Å². The van der Waals surface area contributed by atoms with Crippen LogP contribution in [0.1, 0.15) is 52.1 Å². The summed E-state index contributed by atoms with van der Waals surface area (Å²) >= 11 is 0. The molecule has 0 unspecified atom stereocenters. The van der Waals surface area contributed by atoms with Crippen molar-refractivity contribution in [3.05, 3.63) is 11.9 Å². The first kappa shape index (κ1) is 34.5. The van der Waals surface area contributed by atoms with Gasteiger partial charge in [0, 0.05) is 52.0 Å². The number of amides is 3. The zero-order valence-electron chi connectivity index (χ0n) is 24.7. The maximum atomic E-state index is 12.9. The molecule has 234 valence electrons. The van der Waals surface area contributed by atoms with Gasteiger partial charge in [0.05, 0.1) is 12.1 Å². The molecule has 0 radical (unpaired) electrons. The van der Waals surface area contributed by atoms with Gasteiger partial charge in [-0.1, -0.05) is 26.0 Å². The Bertz CT molecular complexity index is 909. The number of carbonyl (C=O) groups excluding carboxylic acids is 3. The molecular weight excluding hydrogens is 532 g/mol. The van der Waals surface area contributed by atoms with E-state index in [9.17, 15) is 19.5 Å². The molecule has 2 atom stereocenters. The highest BCUT2D eigenvalue weighted by atomic mass is 16.5. The highest BCUT2D eigenvalue weighted by Gasteiger charge is 2.33. The average Bonchev–Trinajstić information content (AvgIpc) is 3.37. The fourth-order valence-corrected chi connectivity index (χ4v) is 4.37. The number of aliphatic hydroxyl groups is 1. The molecule has 8 N–H and O–H groups in total. The van der Waals surface area contributed by atoms with Gasteiger partial charge >= 0.3 is 0 Å². The minimum Gasteiger partial charge on any atom is -0.383 e. The van der Waals surface area contributed by atoms with Crippen molar-refractivity contribution in [2.75, 3.05) is 58.9 Å². The van der Waals surface area contributed by atoms with Crippen LogP contribution in [0, 0.1) is 5.41 Å². The van der Waals surface area contributed by atoms with Gasteiger partial charge in [-0.2, -0.15) is 0 Å². The summed E-state index contributed by atoms with van der Waals surface area (Å²) in [7, 11) is 0. The molecule has 0 aliphatic carbocycles. The molecule has 1 aliphatic heterocycles. The first-order valence-corrected chi connectivity index (χ1v) is 14.5. The summed E-state index contributed by atoms with van der Waals surface area (Å²) in [4.78, 5) is 38.8. The van der Waals surface area contributed by atoms with Gasteiger partial charge in [0.15, 0.2) is 0 Å². The summed E-state index contributed by atoms with van der Waals surface area (Å²) in [5.41, 5.74) is 1.58. The largest absolute Gasteiger partial charge is 0.383 e. The van der Waals surface area contributed by atoms with Gasteiger partial charge in [0.25, 0.3) is 5.91 Å². The molecular formula is C26H50N10O5. The molecule has 0 aromatic carbocycles.